The number of nitrogens with one attached hydrogen (secondary N) is 1. The molecule has 0 saturated carbocycles. The molecule has 2 aromatic carbocycles. The zero-order chi connectivity index (χ0) is 25.2. The summed E-state index contributed by atoms with van der Waals surface area (Å²) in [6, 6.07) is 9.85. The summed E-state index contributed by atoms with van der Waals surface area (Å²) in [6.07, 6.45) is 1.59. The van der Waals surface area contributed by atoms with Crippen LogP contribution in [0, 0.1) is 6.92 Å². The molecule has 2 aliphatic heterocycles. The third kappa shape index (κ3) is 5.42. The number of carbonyl (C=O) groups is 2. The van der Waals surface area contributed by atoms with Gasteiger partial charge in [-0.1, -0.05) is 37.1 Å². The molecule has 0 radical (unpaired) electrons. The van der Waals surface area contributed by atoms with Gasteiger partial charge in [-0.2, -0.15) is 0 Å². The number of halogens is 2. The number of piperazine rings is 1. The summed E-state index contributed by atoms with van der Waals surface area (Å²) in [5, 5.41) is 10.6. The van der Waals surface area contributed by atoms with Gasteiger partial charge in [-0.25, -0.2) is 4.79 Å². The van der Waals surface area contributed by atoms with Gasteiger partial charge >= 0.3 is 6.09 Å². The molecular formula is C25H28Br2N6O3. The van der Waals surface area contributed by atoms with Crippen molar-refractivity contribution in [2.24, 2.45) is 0 Å². The number of benzene rings is 2. The molecule has 0 unspecified atom stereocenters. The summed E-state index contributed by atoms with van der Waals surface area (Å²) in [6.45, 7) is 6.65. The monoisotopic (exact) mass is 618 g/mol. The number of rotatable bonds is 4. The molecule has 0 bridgehead atoms. The lowest BCUT2D eigenvalue weighted by Gasteiger charge is -2.42. The topological polar surface area (TPSA) is 94.7 Å². The van der Waals surface area contributed by atoms with Gasteiger partial charge in [0.1, 0.15) is 12.1 Å². The number of aromatic amines is 1. The predicted octanol–water partition coefficient (Wildman–Crippen LogP) is 4.35. The van der Waals surface area contributed by atoms with Crippen LogP contribution < -0.4 is 0 Å². The number of likely N-dealkylation sites (tertiary alicyclic amines) is 1. The first-order valence-electron chi connectivity index (χ1n) is 12.1. The summed E-state index contributed by atoms with van der Waals surface area (Å²) >= 11 is 7.08. The highest BCUT2D eigenvalue weighted by molar-refractivity contribution is 9.11. The molecule has 2 amide bonds. The third-order valence-corrected chi connectivity index (χ3v) is 8.76. The molecule has 2 saturated heterocycles. The Morgan fingerprint density at radius 2 is 1.69 bits per heavy atom. The number of amides is 2. The van der Waals surface area contributed by atoms with Crippen LogP contribution in [0.5, 0.6) is 0 Å². The maximum atomic E-state index is 13.0. The van der Waals surface area contributed by atoms with Crippen molar-refractivity contribution < 1.29 is 14.3 Å². The molecule has 2 aliphatic rings. The predicted molar refractivity (Wildman–Crippen MR) is 143 cm³/mol. The second-order valence-corrected chi connectivity index (χ2v) is 11.0. The van der Waals surface area contributed by atoms with Gasteiger partial charge in [-0.05, 0) is 61.2 Å². The van der Waals surface area contributed by atoms with E-state index in [1.807, 2.05) is 36.1 Å². The summed E-state index contributed by atoms with van der Waals surface area (Å²) in [5.74, 6) is 0.0403. The minimum absolute atomic E-state index is 0.0403. The zero-order valence-electron chi connectivity index (χ0n) is 20.0. The lowest BCUT2D eigenvalue weighted by atomic mass is 10.0. The average Bonchev–Trinajstić information content (AvgIpc) is 3.38. The molecular weight excluding hydrogens is 592 g/mol. The molecule has 11 heteroatoms. The SMILES string of the molecule is Cc1c(Br)cc(COC(=O)N2CCN(C3CCN(C(=O)c4ccc5[nH]nnc5c4)CC3)CC2)cc1Br. The van der Waals surface area contributed by atoms with Crippen LogP contribution in [0.2, 0.25) is 0 Å². The number of nitrogens with zero attached hydrogens (tertiary/aromatic N) is 5. The number of aromatic nitrogens is 3. The second-order valence-electron chi connectivity index (χ2n) is 9.33. The maximum absolute atomic E-state index is 13.0. The standard InChI is InChI=1S/C25H28Br2N6O3/c1-16-20(26)12-17(13-21(16)27)15-36-25(35)33-10-8-31(9-11-33)19-4-6-32(7-5-19)24(34)18-2-3-22-23(14-18)29-30-28-22/h2-3,12-14,19H,4-11,15H2,1H3,(H,28,29,30). The van der Waals surface area contributed by atoms with E-state index >= 15 is 0 Å². The Morgan fingerprint density at radius 3 is 2.39 bits per heavy atom. The number of fused-ring (bicyclic) bond motifs is 1. The number of carbonyl (C=O) groups excluding carboxylic acids is 2. The molecule has 3 heterocycles. The van der Waals surface area contributed by atoms with Crippen LogP contribution in [0.15, 0.2) is 39.3 Å². The Balaban J connectivity index is 1.07. The maximum Gasteiger partial charge on any atom is 0.410 e. The highest BCUT2D eigenvalue weighted by Crippen LogP contribution is 2.27. The van der Waals surface area contributed by atoms with Crippen molar-refractivity contribution in [2.45, 2.75) is 32.4 Å². The van der Waals surface area contributed by atoms with E-state index in [1.165, 1.54) is 0 Å². The van der Waals surface area contributed by atoms with Crippen LogP contribution in [-0.4, -0.2) is 87.4 Å². The van der Waals surface area contributed by atoms with Crippen LogP contribution >= 0.6 is 31.9 Å². The van der Waals surface area contributed by atoms with E-state index in [9.17, 15) is 9.59 Å². The van der Waals surface area contributed by atoms with Gasteiger partial charge in [-0.3, -0.25) is 14.8 Å². The number of hydrogen-bond acceptors (Lipinski definition) is 6. The lowest BCUT2D eigenvalue weighted by Crippen LogP contribution is -2.54. The molecule has 190 valence electrons. The molecule has 0 aliphatic carbocycles. The van der Waals surface area contributed by atoms with E-state index in [0.717, 1.165) is 64.6 Å². The summed E-state index contributed by atoms with van der Waals surface area (Å²) in [4.78, 5) is 31.7. The van der Waals surface area contributed by atoms with Gasteiger partial charge in [0, 0.05) is 59.8 Å². The Bertz CT molecular complexity index is 1240. The summed E-state index contributed by atoms with van der Waals surface area (Å²) in [7, 11) is 0. The molecule has 1 aromatic heterocycles. The first-order valence-corrected chi connectivity index (χ1v) is 13.7. The van der Waals surface area contributed by atoms with Crippen molar-refractivity contribution >= 4 is 54.9 Å². The Morgan fingerprint density at radius 1 is 1.00 bits per heavy atom. The van der Waals surface area contributed by atoms with Crippen molar-refractivity contribution in [1.82, 2.24) is 30.1 Å². The smallest absolute Gasteiger partial charge is 0.410 e. The first-order chi connectivity index (χ1) is 17.4. The van der Waals surface area contributed by atoms with E-state index in [2.05, 4.69) is 52.2 Å². The van der Waals surface area contributed by atoms with Crippen molar-refractivity contribution in [3.8, 4) is 0 Å². The van der Waals surface area contributed by atoms with E-state index in [4.69, 9.17) is 4.74 Å². The van der Waals surface area contributed by atoms with Crippen LogP contribution in [-0.2, 0) is 11.3 Å². The van der Waals surface area contributed by atoms with Crippen molar-refractivity contribution in [3.63, 3.8) is 0 Å². The van der Waals surface area contributed by atoms with Gasteiger partial charge < -0.3 is 14.5 Å². The number of H-pyrrole nitrogens is 1. The van der Waals surface area contributed by atoms with Crippen molar-refractivity contribution in [3.05, 3.63) is 56.0 Å². The highest BCUT2D eigenvalue weighted by atomic mass is 79.9. The fourth-order valence-electron chi connectivity index (χ4n) is 4.88. The first kappa shape index (κ1) is 25.2. The van der Waals surface area contributed by atoms with Crippen LogP contribution in [0.3, 0.4) is 0 Å². The summed E-state index contributed by atoms with van der Waals surface area (Å²) in [5.41, 5.74) is 4.22. The van der Waals surface area contributed by atoms with Gasteiger partial charge in [-0.15, -0.1) is 5.10 Å². The Labute approximate surface area is 226 Å². The van der Waals surface area contributed by atoms with Crippen molar-refractivity contribution in [1.29, 1.82) is 0 Å². The second kappa shape index (κ2) is 10.9. The fraction of sp³-hybridized carbons (Fsp3) is 0.440. The Hall–Kier alpha value is -2.50. The van der Waals surface area contributed by atoms with E-state index in [-0.39, 0.29) is 18.6 Å². The Kier molecular flexibility index (Phi) is 7.59. The largest absolute Gasteiger partial charge is 0.445 e. The van der Waals surface area contributed by atoms with Crippen molar-refractivity contribution in [2.75, 3.05) is 39.3 Å². The van der Waals surface area contributed by atoms with E-state index in [0.29, 0.717) is 30.2 Å². The van der Waals surface area contributed by atoms with E-state index in [1.54, 1.807) is 11.0 Å². The number of hydrogen-bond donors (Lipinski definition) is 1. The number of piperidine rings is 1. The molecule has 3 aromatic rings. The van der Waals surface area contributed by atoms with Crippen LogP contribution in [0.25, 0.3) is 11.0 Å². The lowest BCUT2D eigenvalue weighted by molar-refractivity contribution is 0.0394. The normalized spacial score (nSPS) is 17.5. The molecule has 0 spiro atoms. The molecule has 9 nitrogen and oxygen atoms in total. The fourth-order valence-corrected chi connectivity index (χ4v) is 6.16. The molecule has 0 atom stereocenters. The summed E-state index contributed by atoms with van der Waals surface area (Å²) < 4.78 is 7.55. The van der Waals surface area contributed by atoms with Crippen LogP contribution in [0.4, 0.5) is 4.79 Å². The quantitative estimate of drug-likeness (QED) is 0.467. The zero-order valence-corrected chi connectivity index (χ0v) is 23.2. The van der Waals surface area contributed by atoms with E-state index < -0.39 is 0 Å². The average molecular weight is 620 g/mol. The molecule has 5 rings (SSSR count). The minimum Gasteiger partial charge on any atom is -0.445 e. The molecule has 2 fully saturated rings. The molecule has 1 N–H and O–H groups in total. The number of ether oxygens (including phenoxy) is 1. The van der Waals surface area contributed by atoms with Gasteiger partial charge in [0.25, 0.3) is 5.91 Å². The van der Waals surface area contributed by atoms with Gasteiger partial charge in [0.2, 0.25) is 0 Å². The minimum atomic E-state index is -0.271. The third-order valence-electron chi connectivity index (χ3n) is 7.12. The molecule has 36 heavy (non-hydrogen) atoms. The highest BCUT2D eigenvalue weighted by Gasteiger charge is 2.31. The van der Waals surface area contributed by atoms with Gasteiger partial charge in [0.05, 0.1) is 5.52 Å². The van der Waals surface area contributed by atoms with Crippen LogP contribution in [0.1, 0.15) is 34.3 Å². The van der Waals surface area contributed by atoms with Gasteiger partial charge in [0.15, 0.2) is 0 Å².